The molecule has 2 aromatic carbocycles. The molecular weight excluding hydrogens is 508 g/mol. The third kappa shape index (κ3) is 5.23. The number of rotatable bonds is 12. The van der Waals surface area contributed by atoms with Crippen LogP contribution in [0, 0.1) is 0 Å². The summed E-state index contributed by atoms with van der Waals surface area (Å²) in [7, 11) is 0. The van der Waals surface area contributed by atoms with Gasteiger partial charge in [0.1, 0.15) is 0 Å². The molecule has 0 saturated carbocycles. The van der Waals surface area contributed by atoms with Crippen LogP contribution < -0.4 is 18.9 Å². The quantitative estimate of drug-likeness (QED) is 0.242. The Labute approximate surface area is 248 Å². The molecule has 4 aliphatic rings. The number of unbranched alkanes of at least 4 members (excludes halogenated alkanes) is 8. The third-order valence-electron chi connectivity index (χ3n) is 10.3. The Morgan fingerprint density at radius 3 is 1.22 bits per heavy atom. The average Bonchev–Trinajstić information content (AvgIpc) is 3.62. The van der Waals surface area contributed by atoms with Crippen LogP contribution in [-0.4, -0.2) is 12.6 Å². The van der Waals surface area contributed by atoms with Crippen LogP contribution in [0.1, 0.15) is 154 Å². The Morgan fingerprint density at radius 2 is 0.854 bits per heavy atom. The summed E-state index contributed by atoms with van der Waals surface area (Å²) in [4.78, 5) is 0. The zero-order valence-corrected chi connectivity index (χ0v) is 26.5. The van der Waals surface area contributed by atoms with E-state index in [-0.39, 0.29) is 28.8 Å². The molecule has 0 N–H and O–H groups in total. The maximum absolute atomic E-state index is 6.43. The van der Waals surface area contributed by atoms with Crippen molar-refractivity contribution in [2.45, 2.75) is 160 Å². The lowest BCUT2D eigenvalue weighted by Gasteiger charge is -2.30. The molecule has 0 aromatic heterocycles. The van der Waals surface area contributed by atoms with Gasteiger partial charge >= 0.3 is 0 Å². The molecule has 41 heavy (non-hydrogen) atoms. The predicted octanol–water partition coefficient (Wildman–Crippen LogP) is 10.3. The van der Waals surface area contributed by atoms with Crippen molar-refractivity contribution in [3.8, 4) is 23.0 Å². The molecule has 2 atom stereocenters. The molecular formula is C37H52O4. The maximum atomic E-state index is 6.43. The van der Waals surface area contributed by atoms with E-state index in [1.165, 1.54) is 73.6 Å². The van der Waals surface area contributed by atoms with Gasteiger partial charge in [0.05, 0.1) is 0 Å². The van der Waals surface area contributed by atoms with E-state index in [2.05, 4.69) is 65.8 Å². The van der Waals surface area contributed by atoms with E-state index in [0.29, 0.717) is 0 Å². The van der Waals surface area contributed by atoms with E-state index in [4.69, 9.17) is 18.9 Å². The second kappa shape index (κ2) is 11.0. The van der Waals surface area contributed by atoms with Gasteiger partial charge in [-0.15, -0.1) is 0 Å². The predicted molar refractivity (Wildman–Crippen MR) is 166 cm³/mol. The molecule has 1 spiro atoms. The van der Waals surface area contributed by atoms with E-state index in [1.54, 1.807) is 0 Å². The fourth-order valence-electron chi connectivity index (χ4n) is 8.37. The molecule has 0 fully saturated rings. The Hall–Kier alpha value is -2.36. The molecule has 0 bridgehead atoms. The molecule has 0 radical (unpaired) electrons. The first-order valence-corrected chi connectivity index (χ1v) is 16.7. The van der Waals surface area contributed by atoms with Gasteiger partial charge in [0.2, 0.25) is 12.6 Å². The van der Waals surface area contributed by atoms with Gasteiger partial charge in [-0.25, -0.2) is 0 Å². The lowest BCUT2D eigenvalue weighted by molar-refractivity contribution is 0.0392. The highest BCUT2D eigenvalue weighted by atomic mass is 16.7. The number of hydrogen-bond acceptors (Lipinski definition) is 4. The highest BCUT2D eigenvalue weighted by Crippen LogP contribution is 2.65. The minimum absolute atomic E-state index is 0.0427. The Morgan fingerprint density at radius 1 is 0.512 bits per heavy atom. The first-order chi connectivity index (χ1) is 19.7. The third-order valence-corrected chi connectivity index (χ3v) is 10.3. The van der Waals surface area contributed by atoms with Gasteiger partial charge in [0, 0.05) is 18.3 Å². The number of ether oxygens (including phenoxy) is 4. The van der Waals surface area contributed by atoms with Crippen molar-refractivity contribution < 1.29 is 18.9 Å². The Bertz CT molecular complexity index is 1160. The highest BCUT2D eigenvalue weighted by Gasteiger charge is 2.57. The summed E-state index contributed by atoms with van der Waals surface area (Å²) >= 11 is 0. The zero-order chi connectivity index (χ0) is 28.8. The second-order valence-electron chi connectivity index (χ2n) is 14.6. The lowest BCUT2D eigenvalue weighted by atomic mass is 9.72. The summed E-state index contributed by atoms with van der Waals surface area (Å²) in [5, 5.41) is 0. The summed E-state index contributed by atoms with van der Waals surface area (Å²) in [6.45, 7) is 14.1. The minimum Gasteiger partial charge on any atom is -0.451 e. The van der Waals surface area contributed by atoms with Crippen molar-refractivity contribution >= 4 is 0 Å². The molecule has 0 saturated heterocycles. The van der Waals surface area contributed by atoms with E-state index in [0.717, 1.165) is 61.5 Å². The maximum Gasteiger partial charge on any atom is 0.241 e. The van der Waals surface area contributed by atoms with Crippen LogP contribution in [0.15, 0.2) is 24.3 Å². The largest absolute Gasteiger partial charge is 0.451 e. The van der Waals surface area contributed by atoms with Gasteiger partial charge in [-0.3, -0.25) is 0 Å². The van der Waals surface area contributed by atoms with Crippen molar-refractivity contribution in [3.63, 3.8) is 0 Å². The molecule has 4 heteroatoms. The minimum atomic E-state index is -0.159. The smallest absolute Gasteiger partial charge is 0.241 e. The molecule has 4 nitrogen and oxygen atoms in total. The first kappa shape index (κ1) is 28.7. The van der Waals surface area contributed by atoms with Crippen molar-refractivity contribution in [2.24, 2.45) is 0 Å². The monoisotopic (exact) mass is 560 g/mol. The lowest BCUT2D eigenvalue weighted by Crippen LogP contribution is -2.27. The highest BCUT2D eigenvalue weighted by molar-refractivity contribution is 5.66. The molecule has 2 aliphatic heterocycles. The summed E-state index contributed by atoms with van der Waals surface area (Å²) in [6, 6.07) is 9.29. The van der Waals surface area contributed by atoms with Gasteiger partial charge in [-0.2, -0.15) is 0 Å². The Balaban J connectivity index is 1.26. The fourth-order valence-corrected chi connectivity index (χ4v) is 8.37. The van der Waals surface area contributed by atoms with E-state index < -0.39 is 0 Å². The molecule has 6 rings (SSSR count). The van der Waals surface area contributed by atoms with Gasteiger partial charge in [0.15, 0.2) is 23.0 Å². The Kier molecular flexibility index (Phi) is 7.74. The average molecular weight is 561 g/mol. The second-order valence-corrected chi connectivity index (χ2v) is 14.6. The van der Waals surface area contributed by atoms with Crippen LogP contribution in [0.25, 0.3) is 0 Å². The van der Waals surface area contributed by atoms with Crippen LogP contribution in [0.3, 0.4) is 0 Å². The van der Waals surface area contributed by atoms with Crippen molar-refractivity contribution in [2.75, 3.05) is 0 Å². The molecule has 2 unspecified atom stereocenters. The molecule has 2 heterocycles. The molecule has 2 aliphatic carbocycles. The van der Waals surface area contributed by atoms with Gasteiger partial charge in [0.25, 0.3) is 0 Å². The number of hydrogen-bond donors (Lipinski definition) is 0. The summed E-state index contributed by atoms with van der Waals surface area (Å²) in [5.41, 5.74) is 5.69. The zero-order valence-electron chi connectivity index (χ0n) is 26.5. The van der Waals surface area contributed by atoms with Crippen LogP contribution >= 0.6 is 0 Å². The van der Waals surface area contributed by atoms with E-state index >= 15 is 0 Å². The summed E-state index contributed by atoms with van der Waals surface area (Å²) in [5.74, 6) is 3.71. The SMILES string of the molecule is CCCCCCCC1Oc2cc3c(cc2O1)C1(CC3(C)C)CC(C)(C)c2cc3c(cc21)OC(CCCCCCC)O3. The van der Waals surface area contributed by atoms with Crippen LogP contribution in [0.2, 0.25) is 0 Å². The summed E-state index contributed by atoms with van der Waals surface area (Å²) in [6.07, 6.45) is 16.3. The molecule has 0 amide bonds. The fraction of sp³-hybridized carbons (Fsp3) is 0.676. The molecule has 2 aromatic rings. The van der Waals surface area contributed by atoms with Crippen LogP contribution in [-0.2, 0) is 16.2 Å². The van der Waals surface area contributed by atoms with Gasteiger partial charge in [-0.05, 0) is 83.0 Å². The first-order valence-electron chi connectivity index (χ1n) is 16.7. The topological polar surface area (TPSA) is 36.9 Å². The van der Waals surface area contributed by atoms with Crippen LogP contribution in [0.5, 0.6) is 23.0 Å². The standard InChI is InChI=1S/C37H52O4/c1-7-9-11-13-15-17-33-38-29-19-25-27(21-31(29)40-33)37(23-35(25,3)4)24-36(5,6)26-20-30-32(22-28(26)37)41-34(39-30)18-16-14-12-10-8-2/h19-22,33-34H,7-18,23-24H2,1-6H3. The number of benzene rings is 2. The van der Waals surface area contributed by atoms with Gasteiger partial charge < -0.3 is 18.9 Å². The van der Waals surface area contributed by atoms with E-state index in [9.17, 15) is 0 Å². The number of fused-ring (bicyclic) bond motifs is 6. The van der Waals surface area contributed by atoms with Crippen molar-refractivity contribution in [1.82, 2.24) is 0 Å². The normalized spacial score (nSPS) is 25.6. The summed E-state index contributed by atoms with van der Waals surface area (Å²) < 4.78 is 25.6. The van der Waals surface area contributed by atoms with E-state index in [1.807, 2.05) is 0 Å². The van der Waals surface area contributed by atoms with Gasteiger partial charge in [-0.1, -0.05) is 92.9 Å². The van der Waals surface area contributed by atoms with Crippen molar-refractivity contribution in [3.05, 3.63) is 46.5 Å². The van der Waals surface area contributed by atoms with Crippen molar-refractivity contribution in [1.29, 1.82) is 0 Å². The molecule has 224 valence electrons. The van der Waals surface area contributed by atoms with Crippen LogP contribution in [0.4, 0.5) is 0 Å².